The van der Waals surface area contributed by atoms with Crippen LogP contribution in [-0.4, -0.2) is 27.4 Å². The van der Waals surface area contributed by atoms with Gasteiger partial charge in [-0.05, 0) is 89.2 Å². The molecule has 12 heteroatoms. The highest BCUT2D eigenvalue weighted by Crippen LogP contribution is 2.35. The van der Waals surface area contributed by atoms with Gasteiger partial charge in [0.25, 0.3) is 11.2 Å². The molecule has 0 N–H and O–H groups in total. The topological polar surface area (TPSA) is 122 Å². The fourth-order valence-electron chi connectivity index (χ4n) is 4.62. The normalized spacial score (nSPS) is 11.4. The van der Waals surface area contributed by atoms with E-state index in [4.69, 9.17) is 18.9 Å². The van der Waals surface area contributed by atoms with Crippen LogP contribution in [0.4, 0.5) is 5.69 Å². The van der Waals surface area contributed by atoms with Crippen molar-refractivity contribution < 1.29 is 18.8 Å². The zero-order valence-corrected chi connectivity index (χ0v) is 26.8. The number of ether oxygens (including phenoxy) is 2. The first kappa shape index (κ1) is 29.5. The number of nitrogens with zero attached hydrogens (tertiary/aromatic N) is 4. The molecule has 44 heavy (non-hydrogen) atoms. The van der Waals surface area contributed by atoms with Crippen LogP contribution in [0.2, 0.25) is 0 Å². The van der Waals surface area contributed by atoms with E-state index in [-0.39, 0.29) is 23.7 Å². The Morgan fingerprint density at radius 3 is 2.73 bits per heavy atom. The molecular weight excluding hydrogens is 743 g/mol. The molecule has 0 saturated carbocycles. The van der Waals surface area contributed by atoms with Crippen molar-refractivity contribution in [3.05, 3.63) is 125 Å². The van der Waals surface area contributed by atoms with Gasteiger partial charge in [0.15, 0.2) is 17.3 Å². The number of fused-ring (bicyclic) bond motifs is 2. The molecule has 0 fully saturated rings. The molecule has 0 spiro atoms. The average Bonchev–Trinajstić information content (AvgIpc) is 3.43. The first-order chi connectivity index (χ1) is 21.3. The lowest BCUT2D eigenvalue weighted by atomic mass is 10.2. The van der Waals surface area contributed by atoms with Gasteiger partial charge in [0.1, 0.15) is 12.2 Å². The highest BCUT2D eigenvalue weighted by molar-refractivity contribution is 14.1. The van der Waals surface area contributed by atoms with Crippen molar-refractivity contribution >= 4 is 72.3 Å². The van der Waals surface area contributed by atoms with Crippen LogP contribution in [0.3, 0.4) is 0 Å². The molecule has 2 heterocycles. The second-order valence-corrected chi connectivity index (χ2v) is 11.7. The van der Waals surface area contributed by atoms with E-state index in [1.165, 1.54) is 16.8 Å². The minimum Gasteiger partial charge on any atom is -0.490 e. The molecule has 220 valence electrons. The van der Waals surface area contributed by atoms with Gasteiger partial charge in [0.2, 0.25) is 5.82 Å². The Morgan fingerprint density at radius 1 is 1.07 bits per heavy atom. The van der Waals surface area contributed by atoms with E-state index in [0.29, 0.717) is 51.5 Å². The van der Waals surface area contributed by atoms with E-state index in [1.54, 1.807) is 42.6 Å². The number of non-ortho nitro benzene ring substituents is 1. The van der Waals surface area contributed by atoms with Gasteiger partial charge in [0.05, 0.1) is 32.2 Å². The quantitative estimate of drug-likeness (QED) is 0.0634. The van der Waals surface area contributed by atoms with Crippen molar-refractivity contribution in [2.75, 3.05) is 6.61 Å². The van der Waals surface area contributed by atoms with Crippen LogP contribution in [-0.2, 0) is 6.61 Å². The molecule has 0 atom stereocenters. The average molecular weight is 765 g/mol. The molecule has 0 aliphatic rings. The van der Waals surface area contributed by atoms with Gasteiger partial charge in [-0.3, -0.25) is 14.9 Å². The molecule has 0 aliphatic heterocycles. The maximum atomic E-state index is 13.7. The molecule has 0 amide bonds. The SMILES string of the molecule is CCOc1cc(C=Nn2c(-c3cc4cc(Br)ccc4o3)nc3ccccc3c2=O)cc(I)c1OCc1cccc([N+](=O)[O-])c1. The van der Waals surface area contributed by atoms with E-state index in [0.717, 1.165) is 13.4 Å². The second-order valence-electron chi connectivity index (χ2n) is 9.59. The number of nitro groups is 1. The second kappa shape index (κ2) is 12.6. The lowest BCUT2D eigenvalue weighted by molar-refractivity contribution is -0.384. The van der Waals surface area contributed by atoms with Crippen LogP contribution in [0.25, 0.3) is 33.5 Å². The van der Waals surface area contributed by atoms with Gasteiger partial charge in [-0.15, -0.1) is 0 Å². The van der Waals surface area contributed by atoms with Gasteiger partial charge < -0.3 is 13.9 Å². The summed E-state index contributed by atoms with van der Waals surface area (Å²) in [6.07, 6.45) is 1.55. The number of furan rings is 1. The van der Waals surface area contributed by atoms with E-state index in [1.807, 2.05) is 43.3 Å². The van der Waals surface area contributed by atoms with Crippen LogP contribution in [0.1, 0.15) is 18.1 Å². The number of halogens is 2. The van der Waals surface area contributed by atoms with Crippen molar-refractivity contribution in [3.63, 3.8) is 0 Å². The number of nitro benzene ring substituents is 1. The maximum absolute atomic E-state index is 13.7. The van der Waals surface area contributed by atoms with E-state index in [2.05, 4.69) is 43.6 Å². The van der Waals surface area contributed by atoms with E-state index < -0.39 is 4.92 Å². The van der Waals surface area contributed by atoms with Gasteiger partial charge in [-0.2, -0.15) is 9.78 Å². The Labute approximate surface area is 272 Å². The standard InChI is InChI=1S/C32H22BrIN4O6/c1-2-42-28-14-20(13-25(34)30(28)43-18-19-6-5-7-23(12-19)38(40)41)17-35-37-31(36-26-9-4-3-8-24(26)32(37)39)29-16-21-15-22(33)10-11-27(21)44-29/h3-17H,2,18H2,1H3. The molecule has 6 aromatic rings. The Kier molecular flexibility index (Phi) is 8.44. The van der Waals surface area contributed by atoms with Crippen molar-refractivity contribution in [1.82, 2.24) is 9.66 Å². The van der Waals surface area contributed by atoms with E-state index in [9.17, 15) is 14.9 Å². The van der Waals surface area contributed by atoms with Crippen molar-refractivity contribution in [2.24, 2.45) is 5.10 Å². The number of hydrogen-bond acceptors (Lipinski definition) is 8. The fraction of sp³-hybridized carbons (Fsp3) is 0.0938. The number of rotatable bonds is 9. The summed E-state index contributed by atoms with van der Waals surface area (Å²) in [5.74, 6) is 1.62. The Morgan fingerprint density at radius 2 is 1.91 bits per heavy atom. The molecule has 2 aromatic heterocycles. The summed E-state index contributed by atoms with van der Waals surface area (Å²) < 4.78 is 20.9. The molecule has 0 saturated heterocycles. The lowest BCUT2D eigenvalue weighted by Crippen LogP contribution is -2.20. The molecule has 10 nitrogen and oxygen atoms in total. The predicted octanol–water partition coefficient (Wildman–Crippen LogP) is 7.94. The Hall–Kier alpha value is -4.56. The number of aromatic nitrogens is 2. The van der Waals surface area contributed by atoms with Gasteiger partial charge in [-0.1, -0.05) is 40.2 Å². The lowest BCUT2D eigenvalue weighted by Gasteiger charge is -2.15. The summed E-state index contributed by atoms with van der Waals surface area (Å²) in [6.45, 7) is 2.35. The first-order valence-electron chi connectivity index (χ1n) is 13.4. The van der Waals surface area contributed by atoms with Crippen LogP contribution in [0.15, 0.2) is 104 Å². The molecule has 0 unspecified atom stereocenters. The Bertz CT molecular complexity index is 2140. The molecule has 0 aliphatic carbocycles. The third-order valence-electron chi connectivity index (χ3n) is 6.61. The molecule has 0 radical (unpaired) electrons. The van der Waals surface area contributed by atoms with Crippen LogP contribution in [0.5, 0.6) is 11.5 Å². The number of para-hydroxylation sites is 1. The summed E-state index contributed by atoms with van der Waals surface area (Å²) >= 11 is 5.62. The molecule has 4 aromatic carbocycles. The zero-order chi connectivity index (χ0) is 30.8. The minimum absolute atomic E-state index is 0.00861. The summed E-state index contributed by atoms with van der Waals surface area (Å²) in [7, 11) is 0. The third kappa shape index (κ3) is 6.08. The van der Waals surface area contributed by atoms with Gasteiger partial charge in [0, 0.05) is 22.0 Å². The van der Waals surface area contributed by atoms with Crippen molar-refractivity contribution in [1.29, 1.82) is 0 Å². The maximum Gasteiger partial charge on any atom is 0.282 e. The van der Waals surface area contributed by atoms with Crippen LogP contribution >= 0.6 is 38.5 Å². The molecular formula is C32H22BrIN4O6. The Balaban J connectivity index is 1.38. The van der Waals surface area contributed by atoms with Gasteiger partial charge in [-0.25, -0.2) is 4.98 Å². The van der Waals surface area contributed by atoms with Gasteiger partial charge >= 0.3 is 0 Å². The minimum atomic E-state index is -0.442. The molecule has 6 rings (SSSR count). The number of hydrogen-bond donors (Lipinski definition) is 0. The third-order valence-corrected chi connectivity index (χ3v) is 7.91. The monoisotopic (exact) mass is 764 g/mol. The predicted molar refractivity (Wildman–Crippen MR) is 180 cm³/mol. The van der Waals surface area contributed by atoms with Crippen molar-refractivity contribution in [2.45, 2.75) is 13.5 Å². The first-order valence-corrected chi connectivity index (χ1v) is 15.3. The van der Waals surface area contributed by atoms with Crippen LogP contribution in [0, 0.1) is 13.7 Å². The highest BCUT2D eigenvalue weighted by atomic mass is 127. The largest absolute Gasteiger partial charge is 0.490 e. The highest BCUT2D eigenvalue weighted by Gasteiger charge is 2.18. The zero-order valence-electron chi connectivity index (χ0n) is 23.1. The number of benzene rings is 4. The fourth-order valence-corrected chi connectivity index (χ4v) is 5.78. The smallest absolute Gasteiger partial charge is 0.282 e. The van der Waals surface area contributed by atoms with Crippen LogP contribution < -0.4 is 15.0 Å². The summed E-state index contributed by atoms with van der Waals surface area (Å²) in [4.78, 5) is 29.1. The summed E-state index contributed by atoms with van der Waals surface area (Å²) in [5.41, 5.74) is 2.12. The summed E-state index contributed by atoms with van der Waals surface area (Å²) in [5, 5.41) is 17.0. The van der Waals surface area contributed by atoms with E-state index >= 15 is 0 Å². The summed E-state index contributed by atoms with van der Waals surface area (Å²) in [6, 6.07) is 24.4. The molecule has 0 bridgehead atoms. The van der Waals surface area contributed by atoms with Crippen molar-refractivity contribution in [3.8, 4) is 23.1 Å².